The van der Waals surface area contributed by atoms with Gasteiger partial charge >= 0.3 is 0 Å². The molecule has 1 rings (SSSR count). The number of thioether (sulfide) groups is 1. The van der Waals surface area contributed by atoms with Gasteiger partial charge in [0, 0.05) is 18.2 Å². The fourth-order valence-electron chi connectivity index (χ4n) is 1.11. The van der Waals surface area contributed by atoms with E-state index in [9.17, 15) is 9.18 Å². The lowest BCUT2D eigenvalue weighted by molar-refractivity contribution is -0.109. The molecule has 0 heterocycles. The Bertz CT molecular complexity index is 463. The third-order valence-corrected chi connectivity index (χ3v) is 2.59. The van der Waals surface area contributed by atoms with E-state index in [2.05, 4.69) is 0 Å². The summed E-state index contributed by atoms with van der Waals surface area (Å²) in [6, 6.07) is 6.42. The number of nitrogens with zero attached hydrogens (tertiary/aromatic N) is 1. The second-order valence-corrected chi connectivity index (χ2v) is 4.22. The zero-order valence-electron chi connectivity index (χ0n) is 8.74. The Balaban J connectivity index is 2.75. The van der Waals surface area contributed by atoms with E-state index in [0.29, 0.717) is 11.3 Å². The molecule has 0 fully saturated rings. The summed E-state index contributed by atoms with van der Waals surface area (Å²) in [6.07, 6.45) is 3.28. The standard InChI is InChI=1S/C12H10FNOS/c1-9(15)16-7-3-6-10-4-2-5-11(8-14)12(10)13/h2-6H,7H2,1H3. The topological polar surface area (TPSA) is 40.9 Å². The molecule has 1 aromatic rings. The first-order valence-corrected chi connectivity index (χ1v) is 5.62. The van der Waals surface area contributed by atoms with Gasteiger partial charge in [0.1, 0.15) is 11.9 Å². The molecule has 0 unspecified atom stereocenters. The van der Waals surface area contributed by atoms with Gasteiger partial charge in [0.2, 0.25) is 0 Å². The molecule has 0 aliphatic rings. The first kappa shape index (κ1) is 12.5. The largest absolute Gasteiger partial charge is 0.288 e. The molecule has 0 saturated heterocycles. The van der Waals surface area contributed by atoms with E-state index in [1.54, 1.807) is 30.4 Å². The van der Waals surface area contributed by atoms with E-state index in [1.807, 2.05) is 0 Å². The lowest BCUT2D eigenvalue weighted by Crippen LogP contribution is -1.88. The maximum atomic E-state index is 13.5. The fraction of sp³-hybridized carbons (Fsp3) is 0.167. The predicted octanol–water partition coefficient (Wildman–Crippen LogP) is 2.99. The van der Waals surface area contributed by atoms with Crippen LogP contribution in [0.2, 0.25) is 0 Å². The van der Waals surface area contributed by atoms with Crippen LogP contribution in [0.15, 0.2) is 24.3 Å². The normalized spacial score (nSPS) is 10.3. The van der Waals surface area contributed by atoms with Crippen LogP contribution in [-0.4, -0.2) is 10.9 Å². The van der Waals surface area contributed by atoms with Crippen LogP contribution in [0.4, 0.5) is 4.39 Å². The molecule has 16 heavy (non-hydrogen) atoms. The number of carbonyl (C=O) groups excluding carboxylic acids is 1. The Morgan fingerprint density at radius 3 is 3.00 bits per heavy atom. The van der Waals surface area contributed by atoms with Crippen molar-refractivity contribution in [1.29, 1.82) is 5.26 Å². The van der Waals surface area contributed by atoms with Crippen molar-refractivity contribution in [2.24, 2.45) is 0 Å². The van der Waals surface area contributed by atoms with Gasteiger partial charge in [-0.2, -0.15) is 5.26 Å². The van der Waals surface area contributed by atoms with Crippen molar-refractivity contribution in [3.8, 4) is 6.07 Å². The zero-order chi connectivity index (χ0) is 12.0. The van der Waals surface area contributed by atoms with Crippen molar-refractivity contribution < 1.29 is 9.18 Å². The van der Waals surface area contributed by atoms with Crippen LogP contribution in [0, 0.1) is 17.1 Å². The van der Waals surface area contributed by atoms with Crippen LogP contribution in [-0.2, 0) is 4.79 Å². The number of rotatable bonds is 3. The molecule has 0 N–H and O–H groups in total. The molecule has 0 aliphatic carbocycles. The van der Waals surface area contributed by atoms with Gasteiger partial charge in [0.25, 0.3) is 0 Å². The number of hydrogen-bond donors (Lipinski definition) is 0. The number of carbonyl (C=O) groups is 1. The zero-order valence-corrected chi connectivity index (χ0v) is 9.55. The molecular weight excluding hydrogens is 225 g/mol. The van der Waals surface area contributed by atoms with E-state index in [4.69, 9.17) is 5.26 Å². The van der Waals surface area contributed by atoms with E-state index < -0.39 is 5.82 Å². The highest BCUT2D eigenvalue weighted by Crippen LogP contribution is 2.14. The SMILES string of the molecule is CC(=O)SCC=Cc1cccc(C#N)c1F. The Morgan fingerprint density at radius 2 is 2.38 bits per heavy atom. The molecule has 1 aromatic carbocycles. The summed E-state index contributed by atoms with van der Waals surface area (Å²) in [5.74, 6) is -0.0139. The third kappa shape index (κ3) is 3.52. The Hall–Kier alpha value is -1.60. The Morgan fingerprint density at radius 1 is 1.62 bits per heavy atom. The first-order valence-electron chi connectivity index (χ1n) is 4.63. The van der Waals surface area contributed by atoms with Crippen molar-refractivity contribution in [1.82, 2.24) is 0 Å². The van der Waals surface area contributed by atoms with Gasteiger partial charge < -0.3 is 0 Å². The summed E-state index contributed by atoms with van der Waals surface area (Å²) in [4.78, 5) is 10.6. The van der Waals surface area contributed by atoms with Gasteiger partial charge in [-0.15, -0.1) is 0 Å². The number of benzene rings is 1. The second-order valence-electron chi connectivity index (χ2n) is 3.03. The monoisotopic (exact) mass is 235 g/mol. The summed E-state index contributed by atoms with van der Waals surface area (Å²) in [5.41, 5.74) is 0.393. The van der Waals surface area contributed by atoms with Gasteiger partial charge in [0.05, 0.1) is 5.56 Å². The molecule has 0 saturated carbocycles. The molecule has 0 spiro atoms. The summed E-state index contributed by atoms with van der Waals surface area (Å²) in [7, 11) is 0. The number of halogens is 1. The highest BCUT2D eigenvalue weighted by atomic mass is 32.2. The van der Waals surface area contributed by atoms with Crippen LogP contribution in [0.3, 0.4) is 0 Å². The van der Waals surface area contributed by atoms with Gasteiger partial charge in [-0.05, 0) is 6.07 Å². The summed E-state index contributed by atoms with van der Waals surface area (Å²) < 4.78 is 13.5. The van der Waals surface area contributed by atoms with E-state index in [-0.39, 0.29) is 10.7 Å². The third-order valence-electron chi connectivity index (χ3n) is 1.83. The first-order chi connectivity index (χ1) is 7.65. The van der Waals surface area contributed by atoms with Crippen LogP contribution in [0.1, 0.15) is 18.1 Å². The van der Waals surface area contributed by atoms with Gasteiger partial charge in [0.15, 0.2) is 5.12 Å². The van der Waals surface area contributed by atoms with Crippen LogP contribution >= 0.6 is 11.8 Å². The van der Waals surface area contributed by atoms with Crippen LogP contribution in [0.25, 0.3) is 6.08 Å². The maximum absolute atomic E-state index is 13.5. The van der Waals surface area contributed by atoms with E-state index in [1.165, 1.54) is 13.0 Å². The smallest absolute Gasteiger partial charge is 0.186 e. The summed E-state index contributed by atoms with van der Waals surface area (Å²) >= 11 is 1.15. The van der Waals surface area contributed by atoms with Crippen LogP contribution < -0.4 is 0 Å². The summed E-state index contributed by atoms with van der Waals surface area (Å²) in [5, 5.41) is 8.65. The molecule has 0 aliphatic heterocycles. The fourth-order valence-corrected chi connectivity index (χ4v) is 1.53. The van der Waals surface area contributed by atoms with Crippen LogP contribution in [0.5, 0.6) is 0 Å². The molecule has 4 heteroatoms. The minimum absolute atomic E-state index is 0.0240. The van der Waals surface area contributed by atoms with E-state index >= 15 is 0 Å². The Kier molecular flexibility index (Phi) is 4.74. The molecule has 0 aromatic heterocycles. The highest BCUT2D eigenvalue weighted by molar-refractivity contribution is 8.13. The average Bonchev–Trinajstić information content (AvgIpc) is 2.26. The molecular formula is C12H10FNOS. The van der Waals surface area contributed by atoms with Gasteiger partial charge in [-0.1, -0.05) is 36.0 Å². The molecule has 0 atom stereocenters. The quantitative estimate of drug-likeness (QED) is 0.808. The molecule has 82 valence electrons. The minimum atomic E-state index is -0.519. The summed E-state index contributed by atoms with van der Waals surface area (Å²) in [6.45, 7) is 1.48. The van der Waals surface area contributed by atoms with Crippen molar-refractivity contribution in [2.45, 2.75) is 6.92 Å². The maximum Gasteiger partial charge on any atom is 0.186 e. The molecule has 0 amide bonds. The van der Waals surface area contributed by atoms with Gasteiger partial charge in [-0.25, -0.2) is 4.39 Å². The molecule has 0 bridgehead atoms. The van der Waals surface area contributed by atoms with Crippen molar-refractivity contribution >= 4 is 23.0 Å². The van der Waals surface area contributed by atoms with Gasteiger partial charge in [-0.3, -0.25) is 4.79 Å². The highest BCUT2D eigenvalue weighted by Gasteiger charge is 2.03. The molecule has 2 nitrogen and oxygen atoms in total. The lowest BCUT2D eigenvalue weighted by Gasteiger charge is -1.97. The number of nitriles is 1. The lowest BCUT2D eigenvalue weighted by atomic mass is 10.1. The van der Waals surface area contributed by atoms with Crippen molar-refractivity contribution in [3.63, 3.8) is 0 Å². The minimum Gasteiger partial charge on any atom is -0.288 e. The average molecular weight is 235 g/mol. The molecule has 0 radical (unpaired) electrons. The predicted molar refractivity (Wildman–Crippen MR) is 63.3 cm³/mol. The van der Waals surface area contributed by atoms with E-state index in [0.717, 1.165) is 11.8 Å². The second kappa shape index (κ2) is 6.09. The Labute approximate surface area is 97.8 Å². The van der Waals surface area contributed by atoms with Crippen molar-refractivity contribution in [3.05, 3.63) is 41.2 Å². The number of hydrogen-bond acceptors (Lipinski definition) is 3. The van der Waals surface area contributed by atoms with Crippen molar-refractivity contribution in [2.75, 3.05) is 5.75 Å².